The number of aromatic nitrogens is 2. The van der Waals surface area contributed by atoms with Crippen LogP contribution in [-0.4, -0.2) is 47.0 Å². The van der Waals surface area contributed by atoms with Crippen molar-refractivity contribution in [2.24, 2.45) is 0 Å². The second-order valence-corrected chi connectivity index (χ2v) is 7.78. The number of halogens is 2. The van der Waals surface area contributed by atoms with Gasteiger partial charge in [0.2, 0.25) is 5.13 Å². The van der Waals surface area contributed by atoms with Crippen molar-refractivity contribution in [1.82, 2.24) is 14.3 Å². The third-order valence-corrected chi connectivity index (χ3v) is 5.82. The quantitative estimate of drug-likeness (QED) is 0.634. The molecule has 7 heteroatoms. The smallest absolute Gasteiger partial charge is 0.205 e. The van der Waals surface area contributed by atoms with E-state index in [1.54, 1.807) is 0 Å². The molecule has 1 aromatic heterocycles. The fourth-order valence-corrected chi connectivity index (χ4v) is 4.03. The number of rotatable bonds is 5. The van der Waals surface area contributed by atoms with Crippen LogP contribution in [0.4, 0.5) is 9.52 Å². The summed E-state index contributed by atoms with van der Waals surface area (Å²) in [6, 6.07) is 14.4. The summed E-state index contributed by atoms with van der Waals surface area (Å²) in [6.45, 7) is 4.87. The fraction of sp³-hybridized carbons (Fsp3) is 0.300. The molecule has 3 aromatic rings. The molecule has 4 rings (SSSR count). The molecular weight excluding hydrogens is 383 g/mol. The van der Waals surface area contributed by atoms with Crippen molar-refractivity contribution in [3.63, 3.8) is 0 Å². The lowest BCUT2D eigenvalue weighted by atomic mass is 10.1. The monoisotopic (exact) mass is 402 g/mol. The van der Waals surface area contributed by atoms with Crippen LogP contribution in [0.3, 0.4) is 0 Å². The lowest BCUT2D eigenvalue weighted by Gasteiger charge is -2.34. The average molecular weight is 403 g/mol. The Hall–Kier alpha value is -2.02. The van der Waals surface area contributed by atoms with Gasteiger partial charge in [0.15, 0.2) is 5.82 Å². The molecule has 0 aliphatic carbocycles. The van der Waals surface area contributed by atoms with Crippen LogP contribution in [0.15, 0.2) is 48.5 Å². The topological polar surface area (TPSA) is 32.3 Å². The summed E-state index contributed by atoms with van der Waals surface area (Å²) in [7, 11) is 0. The highest BCUT2D eigenvalue weighted by Crippen LogP contribution is 2.25. The van der Waals surface area contributed by atoms with Crippen molar-refractivity contribution in [2.45, 2.75) is 6.42 Å². The summed E-state index contributed by atoms with van der Waals surface area (Å²) in [5, 5.41) is 1.68. The van der Waals surface area contributed by atoms with Crippen LogP contribution in [0.1, 0.15) is 5.56 Å². The van der Waals surface area contributed by atoms with Crippen molar-refractivity contribution >= 4 is 28.3 Å². The van der Waals surface area contributed by atoms with Gasteiger partial charge in [-0.3, -0.25) is 4.90 Å². The largest absolute Gasteiger partial charge is 0.344 e. The number of piperazine rings is 1. The van der Waals surface area contributed by atoms with Gasteiger partial charge in [-0.25, -0.2) is 4.39 Å². The van der Waals surface area contributed by atoms with E-state index in [-0.39, 0.29) is 5.82 Å². The van der Waals surface area contributed by atoms with Crippen LogP contribution >= 0.6 is 23.1 Å². The Morgan fingerprint density at radius 1 is 0.963 bits per heavy atom. The number of benzene rings is 2. The van der Waals surface area contributed by atoms with E-state index < -0.39 is 0 Å². The van der Waals surface area contributed by atoms with E-state index in [0.717, 1.165) is 55.7 Å². The van der Waals surface area contributed by atoms with Gasteiger partial charge in [0.05, 0.1) is 0 Å². The first-order valence-electron chi connectivity index (χ1n) is 8.99. The molecule has 2 heterocycles. The Morgan fingerprint density at radius 3 is 2.37 bits per heavy atom. The molecule has 1 aliphatic rings. The molecule has 0 atom stereocenters. The molecule has 0 bridgehead atoms. The van der Waals surface area contributed by atoms with Crippen molar-refractivity contribution in [3.8, 4) is 11.4 Å². The second kappa shape index (κ2) is 8.33. The van der Waals surface area contributed by atoms with Gasteiger partial charge in [0.1, 0.15) is 5.82 Å². The van der Waals surface area contributed by atoms with Crippen LogP contribution < -0.4 is 4.90 Å². The molecule has 0 radical (unpaired) electrons. The Morgan fingerprint density at radius 2 is 1.67 bits per heavy atom. The molecule has 1 fully saturated rings. The SMILES string of the molecule is Fc1ccc(CCN2CCN(c3nc(-c4ccc(Cl)cc4)ns3)CC2)cc1. The van der Waals surface area contributed by atoms with Crippen LogP contribution in [0, 0.1) is 5.82 Å². The Balaban J connectivity index is 1.30. The van der Waals surface area contributed by atoms with Crippen molar-refractivity contribution < 1.29 is 4.39 Å². The van der Waals surface area contributed by atoms with Crippen LogP contribution in [0.2, 0.25) is 5.02 Å². The lowest BCUT2D eigenvalue weighted by molar-refractivity contribution is 0.261. The number of hydrogen-bond acceptors (Lipinski definition) is 5. The summed E-state index contributed by atoms with van der Waals surface area (Å²) in [5.41, 5.74) is 2.16. The molecule has 0 N–H and O–H groups in total. The van der Waals surface area contributed by atoms with Gasteiger partial charge in [-0.2, -0.15) is 9.36 Å². The molecule has 0 amide bonds. The van der Waals surface area contributed by atoms with Crippen molar-refractivity contribution in [3.05, 3.63) is 64.9 Å². The Bertz CT molecular complexity index is 874. The van der Waals surface area contributed by atoms with Gasteiger partial charge < -0.3 is 4.90 Å². The predicted molar refractivity (Wildman–Crippen MR) is 109 cm³/mol. The highest BCUT2D eigenvalue weighted by Gasteiger charge is 2.20. The van der Waals surface area contributed by atoms with E-state index in [1.165, 1.54) is 29.2 Å². The maximum Gasteiger partial charge on any atom is 0.205 e. The maximum atomic E-state index is 13.0. The minimum absolute atomic E-state index is 0.178. The van der Waals surface area contributed by atoms with Gasteiger partial charge in [0, 0.05) is 54.8 Å². The summed E-state index contributed by atoms with van der Waals surface area (Å²) in [5.74, 6) is 0.577. The maximum absolute atomic E-state index is 13.0. The molecule has 0 unspecified atom stereocenters. The zero-order valence-electron chi connectivity index (χ0n) is 14.8. The normalized spacial score (nSPS) is 15.3. The van der Waals surface area contributed by atoms with Gasteiger partial charge in [-0.1, -0.05) is 23.7 Å². The minimum Gasteiger partial charge on any atom is -0.344 e. The van der Waals surface area contributed by atoms with E-state index >= 15 is 0 Å². The van der Waals surface area contributed by atoms with Crippen LogP contribution in [-0.2, 0) is 6.42 Å². The molecule has 0 spiro atoms. The van der Waals surface area contributed by atoms with Crippen LogP contribution in [0.5, 0.6) is 0 Å². The standard InChI is InChI=1S/C20H20ClFN4S/c21-17-5-3-16(4-6-17)19-23-20(27-24-19)26-13-11-25(12-14-26)10-9-15-1-7-18(22)8-2-15/h1-8H,9-14H2. The van der Waals surface area contributed by atoms with E-state index in [9.17, 15) is 4.39 Å². The summed E-state index contributed by atoms with van der Waals surface area (Å²) in [6.07, 6.45) is 0.944. The van der Waals surface area contributed by atoms with Gasteiger partial charge in [0.25, 0.3) is 0 Å². The first kappa shape index (κ1) is 18.3. The zero-order chi connectivity index (χ0) is 18.6. The molecule has 1 aliphatic heterocycles. The van der Waals surface area contributed by atoms with Gasteiger partial charge in [-0.15, -0.1) is 0 Å². The van der Waals surface area contributed by atoms with Crippen molar-refractivity contribution in [1.29, 1.82) is 0 Å². The first-order chi connectivity index (χ1) is 13.2. The van der Waals surface area contributed by atoms with Gasteiger partial charge in [-0.05, 0) is 48.4 Å². The fourth-order valence-electron chi connectivity index (χ4n) is 3.16. The Kier molecular flexibility index (Phi) is 5.66. The first-order valence-corrected chi connectivity index (χ1v) is 10.1. The average Bonchev–Trinajstić information content (AvgIpc) is 3.19. The molecular formula is C20H20ClFN4S. The highest BCUT2D eigenvalue weighted by molar-refractivity contribution is 7.09. The molecule has 2 aromatic carbocycles. The van der Waals surface area contributed by atoms with E-state index in [4.69, 9.17) is 16.6 Å². The van der Waals surface area contributed by atoms with Gasteiger partial charge >= 0.3 is 0 Å². The third-order valence-electron chi connectivity index (χ3n) is 4.79. The second-order valence-electron chi connectivity index (χ2n) is 6.61. The summed E-state index contributed by atoms with van der Waals surface area (Å²) >= 11 is 7.39. The highest BCUT2D eigenvalue weighted by atomic mass is 35.5. The van der Waals surface area contributed by atoms with E-state index in [1.807, 2.05) is 36.4 Å². The van der Waals surface area contributed by atoms with Crippen LogP contribution in [0.25, 0.3) is 11.4 Å². The number of hydrogen-bond donors (Lipinski definition) is 0. The zero-order valence-corrected chi connectivity index (χ0v) is 16.4. The summed E-state index contributed by atoms with van der Waals surface area (Å²) in [4.78, 5) is 9.44. The van der Waals surface area contributed by atoms with E-state index in [2.05, 4.69) is 14.2 Å². The molecule has 4 nitrogen and oxygen atoms in total. The minimum atomic E-state index is -0.178. The molecule has 140 valence electrons. The molecule has 0 saturated carbocycles. The Labute approximate surface area is 167 Å². The number of anilines is 1. The predicted octanol–water partition coefficient (Wildman–Crippen LogP) is 4.36. The number of nitrogens with zero attached hydrogens (tertiary/aromatic N) is 4. The molecule has 1 saturated heterocycles. The third kappa shape index (κ3) is 4.64. The van der Waals surface area contributed by atoms with E-state index in [0.29, 0.717) is 5.02 Å². The summed E-state index contributed by atoms with van der Waals surface area (Å²) < 4.78 is 17.5. The lowest BCUT2D eigenvalue weighted by Crippen LogP contribution is -2.47. The van der Waals surface area contributed by atoms with Crippen molar-refractivity contribution in [2.75, 3.05) is 37.6 Å². The molecule has 27 heavy (non-hydrogen) atoms.